The van der Waals surface area contributed by atoms with Crippen molar-refractivity contribution in [3.63, 3.8) is 0 Å². The third-order valence-electron chi connectivity index (χ3n) is 4.88. The summed E-state index contributed by atoms with van der Waals surface area (Å²) in [4.78, 5) is 4.62. The van der Waals surface area contributed by atoms with Crippen LogP contribution in [0.3, 0.4) is 0 Å². The molecule has 1 unspecified atom stereocenters. The van der Waals surface area contributed by atoms with Gasteiger partial charge in [-0.15, -0.1) is 24.0 Å². The Morgan fingerprint density at radius 2 is 1.82 bits per heavy atom. The molecule has 0 aliphatic carbocycles. The second-order valence-corrected chi connectivity index (χ2v) is 7.56. The van der Waals surface area contributed by atoms with E-state index >= 15 is 0 Å². The lowest BCUT2D eigenvalue weighted by atomic mass is 10.0. The van der Waals surface area contributed by atoms with Gasteiger partial charge in [0.2, 0.25) is 0 Å². The smallest absolute Gasteiger partial charge is 0.191 e. The van der Waals surface area contributed by atoms with Crippen molar-refractivity contribution in [3.8, 4) is 11.5 Å². The van der Waals surface area contributed by atoms with Gasteiger partial charge in [0.05, 0.1) is 26.5 Å². The molecule has 2 aromatic carbocycles. The van der Waals surface area contributed by atoms with Gasteiger partial charge in [-0.05, 0) is 49.2 Å². The lowest BCUT2D eigenvalue weighted by molar-refractivity contribution is 0.0386. The summed E-state index contributed by atoms with van der Waals surface area (Å²) < 4.78 is 16.8. The number of methoxy groups -OCH3 is 1. The van der Waals surface area contributed by atoms with Crippen LogP contribution in [0.15, 0.2) is 76.3 Å². The van der Waals surface area contributed by atoms with Crippen LogP contribution in [0.1, 0.15) is 30.7 Å². The molecule has 178 valence electrons. The Morgan fingerprint density at radius 3 is 2.48 bits per heavy atom. The Morgan fingerprint density at radius 1 is 1.03 bits per heavy atom. The van der Waals surface area contributed by atoms with Crippen molar-refractivity contribution in [2.24, 2.45) is 4.99 Å². The van der Waals surface area contributed by atoms with E-state index in [9.17, 15) is 5.11 Å². The van der Waals surface area contributed by atoms with Gasteiger partial charge in [0, 0.05) is 6.54 Å². The topological polar surface area (TPSA) is 88.3 Å². The van der Waals surface area contributed by atoms with Crippen molar-refractivity contribution >= 4 is 29.9 Å². The summed E-state index contributed by atoms with van der Waals surface area (Å²) in [6.07, 6.45) is 1.55. The molecule has 3 rings (SSSR count). The van der Waals surface area contributed by atoms with Crippen molar-refractivity contribution in [2.75, 3.05) is 20.2 Å². The molecular formula is C25H32IN3O4. The third kappa shape index (κ3) is 7.97. The number of nitrogens with zero attached hydrogens (tertiary/aromatic N) is 1. The summed E-state index contributed by atoms with van der Waals surface area (Å²) in [6.45, 7) is 5.55. The van der Waals surface area contributed by atoms with E-state index in [2.05, 4.69) is 15.6 Å². The number of aliphatic hydroxyl groups is 1. The Balaban J connectivity index is 0.00000385. The van der Waals surface area contributed by atoms with E-state index in [4.69, 9.17) is 13.9 Å². The molecule has 1 heterocycles. The van der Waals surface area contributed by atoms with E-state index in [1.54, 1.807) is 32.4 Å². The van der Waals surface area contributed by atoms with E-state index in [0.29, 0.717) is 42.9 Å². The number of halogens is 1. The minimum absolute atomic E-state index is 0. The maximum absolute atomic E-state index is 10.6. The van der Waals surface area contributed by atoms with Crippen molar-refractivity contribution in [2.45, 2.75) is 32.6 Å². The van der Waals surface area contributed by atoms with Crippen LogP contribution in [0, 0.1) is 0 Å². The fourth-order valence-corrected chi connectivity index (χ4v) is 3.10. The van der Waals surface area contributed by atoms with E-state index in [1.807, 2.05) is 55.5 Å². The first kappa shape index (κ1) is 26.5. The SMILES string of the molecule is CCNC(=NCc1ccc(OCc2ccccc2)c(OC)c1)NCC(C)(O)c1ccco1.I. The van der Waals surface area contributed by atoms with Gasteiger partial charge < -0.3 is 29.6 Å². The monoisotopic (exact) mass is 565 g/mol. The van der Waals surface area contributed by atoms with Gasteiger partial charge in [-0.3, -0.25) is 0 Å². The summed E-state index contributed by atoms with van der Waals surface area (Å²) in [7, 11) is 1.63. The van der Waals surface area contributed by atoms with Gasteiger partial charge >= 0.3 is 0 Å². The molecule has 0 aliphatic rings. The maximum Gasteiger partial charge on any atom is 0.191 e. The van der Waals surface area contributed by atoms with Crippen molar-refractivity contribution in [3.05, 3.63) is 83.8 Å². The predicted molar refractivity (Wildman–Crippen MR) is 140 cm³/mol. The van der Waals surface area contributed by atoms with Crippen LogP contribution in [0.25, 0.3) is 0 Å². The molecule has 0 amide bonds. The Kier molecular flexibility index (Phi) is 10.5. The standard InChI is InChI=1S/C25H31N3O4.HI/c1-4-26-24(28-18-25(2,29)23-11-8-14-31-23)27-16-20-12-13-21(22(15-20)30-3)32-17-19-9-6-5-7-10-19;/h5-15,29H,4,16-18H2,1-3H3,(H2,26,27,28);1H. The molecule has 1 atom stereocenters. The molecule has 3 aromatic rings. The van der Waals surface area contributed by atoms with Crippen LogP contribution in [-0.4, -0.2) is 31.3 Å². The second-order valence-electron chi connectivity index (χ2n) is 7.56. The highest BCUT2D eigenvalue weighted by Crippen LogP contribution is 2.29. The molecule has 1 aromatic heterocycles. The van der Waals surface area contributed by atoms with Crippen molar-refractivity contribution in [1.82, 2.24) is 10.6 Å². The van der Waals surface area contributed by atoms with Gasteiger partial charge in [0.25, 0.3) is 0 Å². The highest BCUT2D eigenvalue weighted by Gasteiger charge is 2.26. The van der Waals surface area contributed by atoms with E-state index < -0.39 is 5.60 Å². The van der Waals surface area contributed by atoms with E-state index in [1.165, 1.54) is 0 Å². The first-order valence-corrected chi connectivity index (χ1v) is 10.6. The largest absolute Gasteiger partial charge is 0.493 e. The molecule has 0 fully saturated rings. The number of rotatable bonds is 10. The molecule has 0 saturated carbocycles. The summed E-state index contributed by atoms with van der Waals surface area (Å²) in [5.74, 6) is 2.44. The van der Waals surface area contributed by atoms with Crippen LogP contribution < -0.4 is 20.1 Å². The molecule has 3 N–H and O–H groups in total. The van der Waals surface area contributed by atoms with Crippen LogP contribution in [0.2, 0.25) is 0 Å². The Labute approximate surface area is 212 Å². The molecule has 8 heteroatoms. The van der Waals surface area contributed by atoms with Gasteiger partial charge in [-0.2, -0.15) is 0 Å². The molecule has 33 heavy (non-hydrogen) atoms. The highest BCUT2D eigenvalue weighted by atomic mass is 127. The number of ether oxygens (including phenoxy) is 2. The van der Waals surface area contributed by atoms with Gasteiger partial charge in [-0.25, -0.2) is 4.99 Å². The number of nitrogens with one attached hydrogen (secondary N) is 2. The number of furan rings is 1. The molecule has 0 spiro atoms. The van der Waals surface area contributed by atoms with Crippen molar-refractivity contribution < 1.29 is 19.0 Å². The summed E-state index contributed by atoms with van der Waals surface area (Å²) >= 11 is 0. The number of benzene rings is 2. The first-order chi connectivity index (χ1) is 15.5. The van der Waals surface area contributed by atoms with E-state index in [0.717, 1.165) is 11.1 Å². The number of guanidine groups is 1. The molecular weight excluding hydrogens is 533 g/mol. The molecule has 0 radical (unpaired) electrons. The van der Waals surface area contributed by atoms with Crippen LogP contribution >= 0.6 is 24.0 Å². The van der Waals surface area contributed by atoms with Crippen LogP contribution in [0.4, 0.5) is 0 Å². The number of hydrogen-bond acceptors (Lipinski definition) is 5. The zero-order valence-electron chi connectivity index (χ0n) is 19.2. The average Bonchev–Trinajstić information content (AvgIpc) is 3.36. The fourth-order valence-electron chi connectivity index (χ4n) is 3.10. The van der Waals surface area contributed by atoms with Gasteiger partial charge in [-0.1, -0.05) is 36.4 Å². The first-order valence-electron chi connectivity index (χ1n) is 10.6. The number of aliphatic imine (C=N–C) groups is 1. The zero-order valence-corrected chi connectivity index (χ0v) is 21.5. The minimum Gasteiger partial charge on any atom is -0.493 e. The quantitative estimate of drug-likeness (QED) is 0.191. The minimum atomic E-state index is -1.15. The summed E-state index contributed by atoms with van der Waals surface area (Å²) in [5.41, 5.74) is 0.916. The average molecular weight is 565 g/mol. The normalized spacial score (nSPS) is 12.9. The molecule has 7 nitrogen and oxygen atoms in total. The third-order valence-corrected chi connectivity index (χ3v) is 4.88. The number of hydrogen-bond donors (Lipinski definition) is 3. The van der Waals surface area contributed by atoms with Gasteiger partial charge in [0.15, 0.2) is 17.5 Å². The molecule has 0 aliphatic heterocycles. The fraction of sp³-hybridized carbons (Fsp3) is 0.320. The van der Waals surface area contributed by atoms with Crippen LogP contribution in [-0.2, 0) is 18.8 Å². The van der Waals surface area contributed by atoms with Crippen LogP contribution in [0.5, 0.6) is 11.5 Å². The Hall–Kier alpha value is -2.72. The van der Waals surface area contributed by atoms with Gasteiger partial charge in [0.1, 0.15) is 18.0 Å². The summed E-state index contributed by atoms with van der Waals surface area (Å²) in [6, 6.07) is 19.3. The highest BCUT2D eigenvalue weighted by molar-refractivity contribution is 14.0. The predicted octanol–water partition coefficient (Wildman–Crippen LogP) is 4.45. The molecule has 0 saturated heterocycles. The van der Waals surface area contributed by atoms with E-state index in [-0.39, 0.29) is 30.5 Å². The summed E-state index contributed by atoms with van der Waals surface area (Å²) in [5, 5.41) is 17.0. The molecule has 0 bridgehead atoms. The second kappa shape index (κ2) is 13.1. The maximum atomic E-state index is 10.6. The lowest BCUT2D eigenvalue weighted by Gasteiger charge is -2.22. The Bertz CT molecular complexity index is 992. The van der Waals surface area contributed by atoms with Crippen molar-refractivity contribution in [1.29, 1.82) is 0 Å². The lowest BCUT2D eigenvalue weighted by Crippen LogP contribution is -2.44. The zero-order chi connectivity index (χ0) is 22.8.